The number of benzene rings is 2. The molecule has 0 bridgehead atoms. The zero-order chi connectivity index (χ0) is 21.3. The number of hydrogen-bond acceptors (Lipinski definition) is 5. The van der Waals surface area contributed by atoms with Crippen molar-refractivity contribution in [1.82, 2.24) is 5.32 Å². The van der Waals surface area contributed by atoms with Crippen LogP contribution in [0.5, 0.6) is 5.75 Å². The Morgan fingerprint density at radius 1 is 1.17 bits per heavy atom. The molecule has 1 heterocycles. The number of carbonyl (C=O) groups excluding carboxylic acids is 1. The van der Waals surface area contributed by atoms with Crippen molar-refractivity contribution in [3.63, 3.8) is 0 Å². The molecule has 30 heavy (non-hydrogen) atoms. The first-order valence-electron chi connectivity index (χ1n) is 10.5. The first kappa shape index (κ1) is 22.1. The van der Waals surface area contributed by atoms with Gasteiger partial charge in [-0.15, -0.1) is 5.10 Å². The summed E-state index contributed by atoms with van der Waals surface area (Å²) in [6.45, 7) is 7.17. The lowest BCUT2D eigenvalue weighted by molar-refractivity contribution is -0.118. The SMILES string of the molecule is CCCCOc1ccccc1/C=N\N=C1\NC(=O)[C@@H](Cc2ccc(C(C)C)cc2)S1. The summed E-state index contributed by atoms with van der Waals surface area (Å²) < 4.78 is 5.81. The Morgan fingerprint density at radius 2 is 1.93 bits per heavy atom. The second kappa shape index (κ2) is 11.0. The van der Waals surface area contributed by atoms with Crippen LogP contribution in [0.25, 0.3) is 0 Å². The number of hydrogen-bond donors (Lipinski definition) is 1. The molecule has 0 spiro atoms. The summed E-state index contributed by atoms with van der Waals surface area (Å²) in [4.78, 5) is 12.3. The minimum atomic E-state index is -0.187. The molecule has 1 N–H and O–H groups in total. The minimum Gasteiger partial charge on any atom is -0.493 e. The highest BCUT2D eigenvalue weighted by Crippen LogP contribution is 2.24. The van der Waals surface area contributed by atoms with Crippen LogP contribution in [0.2, 0.25) is 0 Å². The van der Waals surface area contributed by atoms with Crippen LogP contribution in [0.1, 0.15) is 56.2 Å². The van der Waals surface area contributed by atoms with Gasteiger partial charge in [0.2, 0.25) is 5.91 Å². The van der Waals surface area contributed by atoms with Gasteiger partial charge in [0.15, 0.2) is 5.17 Å². The summed E-state index contributed by atoms with van der Waals surface area (Å²) in [6.07, 6.45) is 4.44. The third kappa shape index (κ3) is 6.20. The molecule has 1 amide bonds. The number of amides is 1. The van der Waals surface area contributed by atoms with E-state index in [0.717, 1.165) is 29.7 Å². The molecule has 1 saturated heterocycles. The fourth-order valence-electron chi connectivity index (χ4n) is 3.03. The van der Waals surface area contributed by atoms with Gasteiger partial charge in [0, 0.05) is 5.56 Å². The number of nitrogens with one attached hydrogen (secondary N) is 1. The van der Waals surface area contributed by atoms with Crippen LogP contribution in [-0.2, 0) is 11.2 Å². The fourth-order valence-corrected chi connectivity index (χ4v) is 3.99. The Balaban J connectivity index is 1.59. The van der Waals surface area contributed by atoms with E-state index in [1.165, 1.54) is 17.3 Å². The first-order chi connectivity index (χ1) is 14.6. The van der Waals surface area contributed by atoms with Gasteiger partial charge in [0.05, 0.1) is 18.1 Å². The molecule has 0 aromatic heterocycles. The van der Waals surface area contributed by atoms with Crippen LogP contribution < -0.4 is 10.1 Å². The molecule has 3 rings (SSSR count). The average molecular weight is 424 g/mol. The molecule has 0 saturated carbocycles. The van der Waals surface area contributed by atoms with Crippen molar-refractivity contribution in [3.05, 3.63) is 65.2 Å². The van der Waals surface area contributed by atoms with Crippen LogP contribution in [0.15, 0.2) is 58.7 Å². The highest BCUT2D eigenvalue weighted by Gasteiger charge is 2.30. The number of rotatable bonds is 9. The number of nitrogens with zero attached hydrogens (tertiary/aromatic N) is 2. The molecule has 1 fully saturated rings. The van der Waals surface area contributed by atoms with E-state index in [0.29, 0.717) is 24.1 Å². The van der Waals surface area contributed by atoms with E-state index >= 15 is 0 Å². The van der Waals surface area contributed by atoms with Gasteiger partial charge < -0.3 is 10.1 Å². The van der Waals surface area contributed by atoms with Crippen LogP contribution >= 0.6 is 11.8 Å². The molecule has 6 heteroatoms. The second-order valence-electron chi connectivity index (χ2n) is 7.59. The van der Waals surface area contributed by atoms with Crippen molar-refractivity contribution in [2.24, 2.45) is 10.2 Å². The Labute approximate surface area is 183 Å². The summed E-state index contributed by atoms with van der Waals surface area (Å²) in [5, 5.41) is 11.5. The molecule has 2 aromatic carbocycles. The summed E-state index contributed by atoms with van der Waals surface area (Å²) in [5.74, 6) is 1.27. The molecule has 1 atom stereocenters. The van der Waals surface area contributed by atoms with E-state index in [4.69, 9.17) is 4.74 Å². The maximum Gasteiger partial charge on any atom is 0.239 e. The Morgan fingerprint density at radius 3 is 2.67 bits per heavy atom. The third-order valence-corrected chi connectivity index (χ3v) is 5.94. The van der Waals surface area contributed by atoms with Crippen LogP contribution in [-0.4, -0.2) is 29.1 Å². The normalized spacial score (nSPS) is 17.8. The van der Waals surface area contributed by atoms with Gasteiger partial charge in [-0.05, 0) is 42.0 Å². The molecule has 1 aliphatic rings. The molecule has 0 radical (unpaired) electrons. The molecule has 158 valence electrons. The lowest BCUT2D eigenvalue weighted by Gasteiger charge is -2.08. The van der Waals surface area contributed by atoms with Crippen molar-refractivity contribution in [2.45, 2.75) is 51.2 Å². The van der Waals surface area contributed by atoms with Crippen molar-refractivity contribution >= 4 is 29.1 Å². The van der Waals surface area contributed by atoms with Crippen molar-refractivity contribution in [3.8, 4) is 5.75 Å². The van der Waals surface area contributed by atoms with Gasteiger partial charge >= 0.3 is 0 Å². The third-order valence-electron chi connectivity index (χ3n) is 4.86. The Kier molecular flexibility index (Phi) is 8.08. The number of unbranched alkanes of at least 4 members (excludes halogenated alkanes) is 1. The number of amidine groups is 1. The number of carbonyl (C=O) groups is 1. The standard InChI is InChI=1S/C24H29N3O2S/c1-4-5-14-29-21-9-7-6-8-20(21)16-25-27-24-26-23(28)22(30-24)15-18-10-12-19(13-11-18)17(2)3/h6-13,16-17,22H,4-5,14-15H2,1-3H3,(H,26,27,28)/b25-16-/t22-/m1/s1. The van der Waals surface area contributed by atoms with Crippen LogP contribution in [0.3, 0.4) is 0 Å². The molecule has 5 nitrogen and oxygen atoms in total. The highest BCUT2D eigenvalue weighted by molar-refractivity contribution is 8.15. The molecular formula is C24H29N3O2S. The number of thioether (sulfide) groups is 1. The predicted octanol–water partition coefficient (Wildman–Crippen LogP) is 5.15. The first-order valence-corrected chi connectivity index (χ1v) is 11.3. The number of ether oxygens (including phenoxy) is 1. The summed E-state index contributed by atoms with van der Waals surface area (Å²) >= 11 is 1.42. The van der Waals surface area contributed by atoms with Crippen molar-refractivity contribution in [2.75, 3.05) is 6.61 Å². The molecule has 2 aromatic rings. The van der Waals surface area contributed by atoms with Gasteiger partial charge in [0.1, 0.15) is 5.75 Å². The van der Waals surface area contributed by atoms with Crippen molar-refractivity contribution < 1.29 is 9.53 Å². The maximum atomic E-state index is 12.3. The van der Waals surface area contributed by atoms with Gasteiger partial charge in [0.25, 0.3) is 0 Å². The van der Waals surface area contributed by atoms with E-state index in [2.05, 4.69) is 60.6 Å². The monoisotopic (exact) mass is 423 g/mol. The zero-order valence-electron chi connectivity index (χ0n) is 17.8. The van der Waals surface area contributed by atoms with E-state index in [1.807, 2.05) is 24.3 Å². The predicted molar refractivity (Wildman–Crippen MR) is 126 cm³/mol. The molecule has 0 aliphatic carbocycles. The van der Waals surface area contributed by atoms with E-state index in [9.17, 15) is 4.79 Å². The van der Waals surface area contributed by atoms with E-state index in [1.54, 1.807) is 6.21 Å². The zero-order valence-corrected chi connectivity index (χ0v) is 18.6. The highest BCUT2D eigenvalue weighted by atomic mass is 32.2. The summed E-state index contributed by atoms with van der Waals surface area (Å²) in [7, 11) is 0. The fraction of sp³-hybridized carbons (Fsp3) is 0.375. The van der Waals surface area contributed by atoms with Crippen molar-refractivity contribution in [1.29, 1.82) is 0 Å². The topological polar surface area (TPSA) is 63.1 Å². The second-order valence-corrected chi connectivity index (χ2v) is 8.78. The van der Waals surface area contributed by atoms with Crippen LogP contribution in [0.4, 0.5) is 0 Å². The molecule has 1 aliphatic heterocycles. The summed E-state index contributed by atoms with van der Waals surface area (Å²) in [6, 6.07) is 16.2. The Hall–Kier alpha value is -2.60. The molecular weight excluding hydrogens is 394 g/mol. The smallest absolute Gasteiger partial charge is 0.239 e. The number of para-hydroxylation sites is 1. The van der Waals surface area contributed by atoms with E-state index < -0.39 is 0 Å². The van der Waals surface area contributed by atoms with Gasteiger partial charge in [-0.2, -0.15) is 5.10 Å². The molecule has 0 unspecified atom stereocenters. The van der Waals surface area contributed by atoms with Gasteiger partial charge in [-0.1, -0.05) is 75.4 Å². The Bertz CT molecular complexity index is 907. The summed E-state index contributed by atoms with van der Waals surface area (Å²) in [5.41, 5.74) is 3.32. The average Bonchev–Trinajstić information content (AvgIpc) is 3.08. The lowest BCUT2D eigenvalue weighted by Crippen LogP contribution is -2.25. The van der Waals surface area contributed by atoms with Gasteiger partial charge in [-0.25, -0.2) is 0 Å². The quantitative estimate of drug-likeness (QED) is 0.344. The largest absolute Gasteiger partial charge is 0.493 e. The lowest BCUT2D eigenvalue weighted by atomic mass is 10.0. The van der Waals surface area contributed by atoms with Crippen LogP contribution in [0, 0.1) is 0 Å². The van der Waals surface area contributed by atoms with E-state index in [-0.39, 0.29) is 11.2 Å². The minimum absolute atomic E-state index is 0.0230. The van der Waals surface area contributed by atoms with Gasteiger partial charge in [-0.3, -0.25) is 4.79 Å². The maximum absolute atomic E-state index is 12.3.